The van der Waals surface area contributed by atoms with Crippen LogP contribution in [-0.4, -0.2) is 78.8 Å². The molecule has 2 heterocycles. The lowest BCUT2D eigenvalue weighted by molar-refractivity contribution is -0.385. The molecule has 3 aromatic rings. The van der Waals surface area contributed by atoms with E-state index in [0.717, 1.165) is 16.5 Å². The minimum Gasteiger partial charge on any atom is -0.481 e. The van der Waals surface area contributed by atoms with Crippen LogP contribution in [0.15, 0.2) is 48.5 Å². The minimum absolute atomic E-state index is 0.0927. The van der Waals surface area contributed by atoms with Crippen LogP contribution in [0.2, 0.25) is 0 Å². The maximum atomic E-state index is 11.9. The average molecular weight is 501 g/mol. The number of aliphatic hydroxyl groups excluding tert-OH is 1. The van der Waals surface area contributed by atoms with Crippen molar-refractivity contribution in [3.63, 3.8) is 0 Å². The van der Waals surface area contributed by atoms with Crippen molar-refractivity contribution in [2.45, 2.75) is 12.5 Å². The topological polar surface area (TPSA) is 126 Å². The lowest BCUT2D eigenvalue weighted by Crippen LogP contribution is -2.47. The summed E-state index contributed by atoms with van der Waals surface area (Å²) in [6, 6.07) is 14.2. The fraction of sp³-hybridized carbons (Fsp3) is 0.375. The van der Waals surface area contributed by atoms with Crippen LogP contribution in [0.1, 0.15) is 22.6 Å². The summed E-state index contributed by atoms with van der Waals surface area (Å²) in [6.45, 7) is 2.06. The first-order valence-electron chi connectivity index (χ1n) is 11.2. The third-order valence-corrected chi connectivity index (χ3v) is 7.64. The van der Waals surface area contributed by atoms with Gasteiger partial charge in [-0.25, -0.2) is 13.4 Å². The van der Waals surface area contributed by atoms with Crippen LogP contribution in [0, 0.1) is 10.1 Å². The molecular weight excluding hydrogens is 472 g/mol. The summed E-state index contributed by atoms with van der Waals surface area (Å²) in [5.74, 6) is -0.413. The van der Waals surface area contributed by atoms with Crippen molar-refractivity contribution in [3.05, 3.63) is 75.3 Å². The number of benzene rings is 2. The number of hydrogen-bond donors (Lipinski definition) is 1. The number of fused-ring (bicyclic) bond motifs is 1. The maximum absolute atomic E-state index is 11.9. The summed E-state index contributed by atoms with van der Waals surface area (Å²) in [4.78, 5) is 18.1. The lowest BCUT2D eigenvalue weighted by atomic mass is 9.89. The molecule has 0 spiro atoms. The first kappa shape index (κ1) is 25.0. The van der Waals surface area contributed by atoms with E-state index in [1.54, 1.807) is 12.1 Å². The molecule has 1 atom stereocenters. The molecule has 1 saturated heterocycles. The quantitative estimate of drug-likeness (QED) is 0.369. The van der Waals surface area contributed by atoms with Gasteiger partial charge in [-0.3, -0.25) is 15.0 Å². The van der Waals surface area contributed by atoms with Gasteiger partial charge >= 0.3 is 0 Å². The Hall–Kier alpha value is -3.12. The second kappa shape index (κ2) is 10.2. The van der Waals surface area contributed by atoms with Crippen LogP contribution < -0.4 is 4.74 Å². The molecule has 4 rings (SSSR count). The predicted molar refractivity (Wildman–Crippen MR) is 132 cm³/mol. The highest BCUT2D eigenvalue weighted by Gasteiger charge is 2.28. The zero-order valence-corrected chi connectivity index (χ0v) is 20.4. The van der Waals surface area contributed by atoms with Crippen LogP contribution in [-0.2, 0) is 16.6 Å². The number of para-hydroxylation sites is 1. The Labute approximate surface area is 204 Å². The van der Waals surface area contributed by atoms with Gasteiger partial charge in [-0.05, 0) is 23.8 Å². The van der Waals surface area contributed by atoms with Crippen molar-refractivity contribution >= 4 is 26.6 Å². The molecule has 186 valence electrons. The van der Waals surface area contributed by atoms with E-state index in [4.69, 9.17) is 4.74 Å². The molecule has 0 saturated carbocycles. The fourth-order valence-corrected chi connectivity index (χ4v) is 5.34. The molecular formula is C24H28N4O6S. The van der Waals surface area contributed by atoms with Crippen LogP contribution in [0.5, 0.6) is 5.88 Å². The Kier molecular flexibility index (Phi) is 7.31. The number of nitrogens with zero attached hydrogens (tertiary/aromatic N) is 4. The molecule has 1 N–H and O–H groups in total. The molecule has 1 fully saturated rings. The van der Waals surface area contributed by atoms with Crippen LogP contribution in [0.3, 0.4) is 0 Å². The van der Waals surface area contributed by atoms with Gasteiger partial charge < -0.3 is 9.84 Å². The predicted octanol–water partition coefficient (Wildman–Crippen LogP) is 2.35. The number of piperazine rings is 1. The molecule has 1 unspecified atom stereocenters. The number of pyridine rings is 1. The van der Waals surface area contributed by atoms with Gasteiger partial charge in [0.25, 0.3) is 5.69 Å². The Bertz CT molecular complexity index is 1340. The van der Waals surface area contributed by atoms with Crippen molar-refractivity contribution in [2.24, 2.45) is 0 Å². The molecule has 1 aromatic heterocycles. The number of nitro groups is 1. The Morgan fingerprint density at radius 3 is 2.46 bits per heavy atom. The van der Waals surface area contributed by atoms with Gasteiger partial charge in [-0.2, -0.15) is 4.31 Å². The van der Waals surface area contributed by atoms with E-state index in [2.05, 4.69) is 9.88 Å². The third-order valence-electron chi connectivity index (χ3n) is 6.34. The van der Waals surface area contributed by atoms with E-state index in [1.807, 2.05) is 30.3 Å². The lowest BCUT2D eigenvalue weighted by Gasteiger charge is -2.33. The normalized spacial score (nSPS) is 16.3. The molecule has 10 nitrogen and oxygen atoms in total. The highest BCUT2D eigenvalue weighted by atomic mass is 32.2. The summed E-state index contributed by atoms with van der Waals surface area (Å²) >= 11 is 0. The summed E-state index contributed by atoms with van der Waals surface area (Å²) in [5, 5.41) is 23.1. The second-order valence-corrected chi connectivity index (χ2v) is 10.6. The van der Waals surface area contributed by atoms with E-state index in [9.17, 15) is 23.6 Å². The Morgan fingerprint density at radius 1 is 1.11 bits per heavy atom. The fourth-order valence-electron chi connectivity index (χ4n) is 4.52. The molecule has 1 aliphatic rings. The van der Waals surface area contributed by atoms with Crippen LogP contribution >= 0.6 is 0 Å². The largest absolute Gasteiger partial charge is 0.481 e. The molecule has 1 aliphatic heterocycles. The highest BCUT2D eigenvalue weighted by Crippen LogP contribution is 2.37. The first-order valence-corrected chi connectivity index (χ1v) is 13.1. The zero-order chi connectivity index (χ0) is 25.2. The summed E-state index contributed by atoms with van der Waals surface area (Å²) < 4.78 is 30.5. The zero-order valence-electron chi connectivity index (χ0n) is 19.6. The van der Waals surface area contributed by atoms with Gasteiger partial charge in [0.2, 0.25) is 15.9 Å². The molecule has 0 bridgehead atoms. The maximum Gasteiger partial charge on any atom is 0.273 e. The average Bonchev–Trinajstić information content (AvgIpc) is 2.84. The number of nitro benzene ring substituents is 1. The first-order chi connectivity index (χ1) is 16.7. The SMILES string of the molecule is COc1nc2ccccc2cc1C(CO)c1cc(CN2CCN(S(C)(=O)=O)CC2)ccc1[N+](=O)[O-]. The van der Waals surface area contributed by atoms with Crippen LogP contribution in [0.4, 0.5) is 5.69 Å². The molecule has 0 amide bonds. The van der Waals surface area contributed by atoms with Gasteiger partial charge in [-0.15, -0.1) is 0 Å². The molecule has 35 heavy (non-hydrogen) atoms. The van der Waals surface area contributed by atoms with Gasteiger partial charge in [-0.1, -0.05) is 24.3 Å². The van der Waals surface area contributed by atoms with Crippen molar-refractivity contribution in [1.29, 1.82) is 0 Å². The van der Waals surface area contributed by atoms with Gasteiger partial charge in [0.05, 0.1) is 30.4 Å². The third kappa shape index (κ3) is 5.43. The van der Waals surface area contributed by atoms with Crippen molar-refractivity contribution in [1.82, 2.24) is 14.2 Å². The number of aliphatic hydroxyl groups is 1. The van der Waals surface area contributed by atoms with E-state index >= 15 is 0 Å². The number of methoxy groups -OCH3 is 1. The van der Waals surface area contributed by atoms with Gasteiger partial charge in [0, 0.05) is 61.2 Å². The standard InChI is InChI=1S/C24H28N4O6S/c1-34-24-20(14-18-5-3-4-6-22(18)25-24)21(16-29)19-13-17(7-8-23(19)28(30)31)15-26-9-11-27(12-10-26)35(2,32)33/h3-8,13-14,21,29H,9-12,15-16H2,1-2H3. The Balaban J connectivity index is 1.68. The number of ether oxygens (including phenoxy) is 1. The Morgan fingerprint density at radius 2 is 1.83 bits per heavy atom. The van der Waals surface area contributed by atoms with Crippen molar-refractivity contribution < 1.29 is 23.2 Å². The molecule has 11 heteroatoms. The van der Waals surface area contributed by atoms with Crippen molar-refractivity contribution in [2.75, 3.05) is 46.2 Å². The summed E-state index contributed by atoms with van der Waals surface area (Å²) in [5.41, 5.74) is 2.41. The number of sulfonamides is 1. The molecule has 0 radical (unpaired) electrons. The van der Waals surface area contributed by atoms with Gasteiger partial charge in [0.15, 0.2) is 0 Å². The second-order valence-electron chi connectivity index (χ2n) is 8.60. The molecule has 2 aromatic carbocycles. The number of aromatic nitrogens is 1. The van der Waals surface area contributed by atoms with E-state index in [0.29, 0.717) is 49.7 Å². The number of rotatable bonds is 8. The summed E-state index contributed by atoms with van der Waals surface area (Å²) in [7, 11) is -1.74. The number of hydrogen-bond acceptors (Lipinski definition) is 8. The molecule has 0 aliphatic carbocycles. The van der Waals surface area contributed by atoms with E-state index in [1.165, 1.54) is 23.7 Å². The van der Waals surface area contributed by atoms with Crippen molar-refractivity contribution in [3.8, 4) is 5.88 Å². The monoisotopic (exact) mass is 500 g/mol. The van der Waals surface area contributed by atoms with E-state index < -0.39 is 20.9 Å². The highest BCUT2D eigenvalue weighted by molar-refractivity contribution is 7.88. The smallest absolute Gasteiger partial charge is 0.273 e. The summed E-state index contributed by atoms with van der Waals surface area (Å²) in [6.07, 6.45) is 1.20. The van der Waals surface area contributed by atoms with Gasteiger partial charge in [0.1, 0.15) is 0 Å². The van der Waals surface area contributed by atoms with Crippen LogP contribution in [0.25, 0.3) is 10.9 Å². The van der Waals surface area contributed by atoms with E-state index in [-0.39, 0.29) is 12.3 Å². The minimum atomic E-state index is -3.23.